The number of pyridine rings is 1. The molecule has 4 rings (SSSR count). The summed E-state index contributed by atoms with van der Waals surface area (Å²) in [5.41, 5.74) is 1.58. The van der Waals surface area contributed by atoms with Crippen LogP contribution in [0.2, 0.25) is 0 Å². The van der Waals surface area contributed by atoms with Crippen molar-refractivity contribution in [2.45, 2.75) is 26.3 Å². The molecule has 1 fully saturated rings. The minimum atomic E-state index is -0.259. The molecule has 0 aromatic carbocycles. The Morgan fingerprint density at radius 1 is 1.27 bits per heavy atom. The van der Waals surface area contributed by atoms with E-state index < -0.39 is 0 Å². The maximum absolute atomic E-state index is 12.6. The summed E-state index contributed by atoms with van der Waals surface area (Å²) in [6, 6.07) is 5.54. The number of nitrogens with one attached hydrogen (secondary N) is 1. The Hall–Kier alpha value is -3.78. The monoisotopic (exact) mass is 450 g/mol. The summed E-state index contributed by atoms with van der Waals surface area (Å²) in [5.74, 6) is 0.878. The predicted octanol–water partition coefficient (Wildman–Crippen LogP) is 1.01. The minimum Gasteiger partial charge on any atom is -0.379 e. The minimum absolute atomic E-state index is 0.0613. The van der Waals surface area contributed by atoms with Crippen LogP contribution in [0.15, 0.2) is 29.3 Å². The largest absolute Gasteiger partial charge is 0.379 e. The molecular formula is C22H26N8O3. The number of carbonyl (C=O) groups is 1. The SMILES string of the molecule is Cc1nn(C(C)COCCC(=O)N2CCN(c3ccc(C#N)cn3)CC2)c2cn[nH]c(=O)c12. The zero-order valence-corrected chi connectivity index (χ0v) is 18.7. The number of aryl methyl sites for hydroxylation is 1. The van der Waals surface area contributed by atoms with E-state index in [0.29, 0.717) is 68.0 Å². The first-order chi connectivity index (χ1) is 16.0. The molecule has 1 aliphatic rings. The van der Waals surface area contributed by atoms with Gasteiger partial charge in [0.25, 0.3) is 5.56 Å². The Morgan fingerprint density at radius 2 is 2.06 bits per heavy atom. The van der Waals surface area contributed by atoms with Gasteiger partial charge in [-0.3, -0.25) is 14.3 Å². The van der Waals surface area contributed by atoms with E-state index in [4.69, 9.17) is 10.00 Å². The first kappa shape index (κ1) is 22.4. The normalized spacial score (nSPS) is 14.9. The highest BCUT2D eigenvalue weighted by molar-refractivity contribution is 5.79. The van der Waals surface area contributed by atoms with Crippen molar-refractivity contribution in [3.8, 4) is 6.07 Å². The number of piperazine rings is 1. The number of amides is 1. The Labute approximate surface area is 190 Å². The molecular weight excluding hydrogens is 424 g/mol. The number of rotatable bonds is 7. The first-order valence-electron chi connectivity index (χ1n) is 10.9. The van der Waals surface area contributed by atoms with Crippen molar-refractivity contribution in [1.82, 2.24) is 29.9 Å². The highest BCUT2D eigenvalue weighted by Crippen LogP contribution is 2.18. The van der Waals surface area contributed by atoms with Gasteiger partial charge in [-0.2, -0.15) is 15.5 Å². The summed E-state index contributed by atoms with van der Waals surface area (Å²) in [5, 5.41) is 20.2. The van der Waals surface area contributed by atoms with Gasteiger partial charge in [-0.15, -0.1) is 0 Å². The average Bonchev–Trinajstić information content (AvgIpc) is 3.19. The second kappa shape index (κ2) is 9.79. The number of nitrogens with zero attached hydrogens (tertiary/aromatic N) is 7. The Kier molecular flexibility index (Phi) is 6.65. The third kappa shape index (κ3) is 4.85. The summed E-state index contributed by atoms with van der Waals surface area (Å²) < 4.78 is 7.49. The molecule has 172 valence electrons. The van der Waals surface area contributed by atoms with Crippen molar-refractivity contribution in [3.63, 3.8) is 0 Å². The van der Waals surface area contributed by atoms with Gasteiger partial charge in [0.15, 0.2) is 0 Å². The molecule has 33 heavy (non-hydrogen) atoms. The fraction of sp³-hybridized carbons (Fsp3) is 0.455. The Bertz CT molecular complexity index is 1220. The van der Waals surface area contributed by atoms with Crippen LogP contribution in [0.3, 0.4) is 0 Å². The van der Waals surface area contributed by atoms with Crippen molar-refractivity contribution >= 4 is 22.6 Å². The number of nitriles is 1. The van der Waals surface area contributed by atoms with Crippen molar-refractivity contribution < 1.29 is 9.53 Å². The number of hydrogen-bond acceptors (Lipinski definition) is 8. The van der Waals surface area contributed by atoms with E-state index in [9.17, 15) is 9.59 Å². The molecule has 1 amide bonds. The van der Waals surface area contributed by atoms with Gasteiger partial charge < -0.3 is 14.5 Å². The molecule has 0 spiro atoms. The van der Waals surface area contributed by atoms with E-state index in [1.165, 1.54) is 0 Å². The van der Waals surface area contributed by atoms with Gasteiger partial charge in [-0.05, 0) is 26.0 Å². The van der Waals surface area contributed by atoms with Gasteiger partial charge >= 0.3 is 0 Å². The third-order valence-electron chi connectivity index (χ3n) is 5.77. The van der Waals surface area contributed by atoms with Gasteiger partial charge in [-0.1, -0.05) is 0 Å². The molecule has 1 N–H and O–H groups in total. The predicted molar refractivity (Wildman–Crippen MR) is 121 cm³/mol. The number of anilines is 1. The number of fused-ring (bicyclic) bond motifs is 1. The number of aromatic amines is 1. The Morgan fingerprint density at radius 3 is 2.76 bits per heavy atom. The molecule has 1 aliphatic heterocycles. The average molecular weight is 451 g/mol. The van der Waals surface area contributed by atoms with Gasteiger partial charge in [0.1, 0.15) is 11.9 Å². The van der Waals surface area contributed by atoms with E-state index >= 15 is 0 Å². The summed E-state index contributed by atoms with van der Waals surface area (Å²) in [6.45, 7) is 7.06. The molecule has 3 aromatic rings. The lowest BCUT2D eigenvalue weighted by Crippen LogP contribution is -2.49. The molecule has 3 aromatic heterocycles. The van der Waals surface area contributed by atoms with Crippen LogP contribution in [0.25, 0.3) is 10.9 Å². The van der Waals surface area contributed by atoms with Crippen LogP contribution in [0.5, 0.6) is 0 Å². The molecule has 1 saturated heterocycles. The van der Waals surface area contributed by atoms with Crippen LogP contribution in [-0.4, -0.2) is 75.2 Å². The summed E-state index contributed by atoms with van der Waals surface area (Å²) in [6.07, 6.45) is 3.46. The van der Waals surface area contributed by atoms with Crippen molar-refractivity contribution in [2.75, 3.05) is 44.3 Å². The molecule has 0 aliphatic carbocycles. The highest BCUT2D eigenvalue weighted by atomic mass is 16.5. The van der Waals surface area contributed by atoms with Gasteiger partial charge in [0.2, 0.25) is 5.91 Å². The second-order valence-corrected chi connectivity index (χ2v) is 8.05. The lowest BCUT2D eigenvalue weighted by Gasteiger charge is -2.35. The molecule has 1 atom stereocenters. The van der Waals surface area contributed by atoms with E-state index in [-0.39, 0.29) is 17.5 Å². The fourth-order valence-electron chi connectivity index (χ4n) is 3.98. The molecule has 1 unspecified atom stereocenters. The topological polar surface area (TPSA) is 133 Å². The van der Waals surface area contributed by atoms with Crippen LogP contribution in [0.1, 0.15) is 30.6 Å². The Balaban J connectivity index is 1.22. The standard InChI is InChI=1S/C22H26N8O3/c1-15(30-18-13-25-26-22(32)21(18)16(2)27-30)14-33-10-5-20(31)29-8-6-28(7-9-29)19-4-3-17(11-23)12-24-19/h3-4,12-13,15H,5-10,14H2,1-2H3,(H,26,32). The van der Waals surface area contributed by atoms with Gasteiger partial charge in [0, 0.05) is 32.4 Å². The van der Waals surface area contributed by atoms with Crippen LogP contribution in [0, 0.1) is 18.3 Å². The summed E-state index contributed by atoms with van der Waals surface area (Å²) in [4.78, 5) is 32.8. The van der Waals surface area contributed by atoms with Crippen LogP contribution < -0.4 is 10.5 Å². The molecule has 11 nitrogen and oxygen atoms in total. The van der Waals surface area contributed by atoms with E-state index in [1.807, 2.05) is 17.9 Å². The lowest BCUT2D eigenvalue weighted by atomic mass is 10.2. The smallest absolute Gasteiger partial charge is 0.275 e. The maximum atomic E-state index is 12.6. The summed E-state index contributed by atoms with van der Waals surface area (Å²) in [7, 11) is 0. The highest BCUT2D eigenvalue weighted by Gasteiger charge is 2.22. The quantitative estimate of drug-likeness (QED) is 0.527. The molecule has 4 heterocycles. The van der Waals surface area contributed by atoms with E-state index in [0.717, 1.165) is 5.82 Å². The van der Waals surface area contributed by atoms with Crippen molar-refractivity contribution in [1.29, 1.82) is 5.26 Å². The molecule has 11 heteroatoms. The van der Waals surface area contributed by atoms with Crippen molar-refractivity contribution in [3.05, 3.63) is 46.1 Å². The van der Waals surface area contributed by atoms with Crippen LogP contribution >= 0.6 is 0 Å². The summed E-state index contributed by atoms with van der Waals surface area (Å²) >= 11 is 0. The fourth-order valence-corrected chi connectivity index (χ4v) is 3.98. The zero-order chi connectivity index (χ0) is 23.4. The van der Waals surface area contributed by atoms with E-state index in [1.54, 1.807) is 30.1 Å². The van der Waals surface area contributed by atoms with Crippen LogP contribution in [0.4, 0.5) is 5.82 Å². The lowest BCUT2D eigenvalue weighted by molar-refractivity contribution is -0.132. The molecule has 0 saturated carbocycles. The van der Waals surface area contributed by atoms with Gasteiger partial charge in [-0.25, -0.2) is 10.1 Å². The molecule has 0 radical (unpaired) electrons. The zero-order valence-electron chi connectivity index (χ0n) is 18.7. The molecule has 0 bridgehead atoms. The van der Waals surface area contributed by atoms with Crippen molar-refractivity contribution in [2.24, 2.45) is 0 Å². The number of hydrogen-bond donors (Lipinski definition) is 1. The maximum Gasteiger partial charge on any atom is 0.275 e. The van der Waals surface area contributed by atoms with E-state index in [2.05, 4.69) is 31.2 Å². The number of aromatic nitrogens is 5. The third-order valence-corrected chi connectivity index (χ3v) is 5.77. The number of H-pyrrole nitrogens is 1. The first-order valence-corrected chi connectivity index (χ1v) is 10.9. The van der Waals surface area contributed by atoms with Gasteiger partial charge in [0.05, 0.1) is 54.0 Å². The number of ether oxygens (including phenoxy) is 1. The van der Waals surface area contributed by atoms with Crippen LogP contribution in [-0.2, 0) is 9.53 Å². The second-order valence-electron chi connectivity index (χ2n) is 8.05. The number of carbonyl (C=O) groups excluding carboxylic acids is 1.